The fourth-order valence-corrected chi connectivity index (χ4v) is 2.55. The Hall–Kier alpha value is -3.05. The number of methoxy groups -OCH3 is 1. The number of amides is 1. The monoisotopic (exact) mass is 367 g/mol. The van der Waals surface area contributed by atoms with Crippen LogP contribution >= 0.6 is 11.6 Å². The maximum atomic E-state index is 12.4. The third-order valence-electron chi connectivity index (χ3n) is 3.82. The van der Waals surface area contributed by atoms with E-state index in [1.54, 1.807) is 31.4 Å². The van der Waals surface area contributed by atoms with Crippen molar-refractivity contribution in [1.29, 1.82) is 0 Å². The van der Waals surface area contributed by atoms with Crippen LogP contribution in [0, 0.1) is 6.92 Å². The molecule has 6 heteroatoms. The first-order valence-corrected chi connectivity index (χ1v) is 8.37. The van der Waals surface area contributed by atoms with E-state index in [2.05, 4.69) is 15.6 Å². The minimum Gasteiger partial charge on any atom is -0.497 e. The highest BCUT2D eigenvalue weighted by molar-refractivity contribution is 6.30. The molecule has 0 aliphatic rings. The van der Waals surface area contributed by atoms with E-state index in [9.17, 15) is 4.79 Å². The fraction of sp³-hybridized carbons (Fsp3) is 0.100. The van der Waals surface area contributed by atoms with Crippen LogP contribution in [-0.4, -0.2) is 18.0 Å². The number of hydrogen-bond acceptors (Lipinski definition) is 4. The Kier molecular flexibility index (Phi) is 5.39. The number of ether oxygens (including phenoxy) is 1. The van der Waals surface area contributed by atoms with E-state index in [4.69, 9.17) is 16.3 Å². The van der Waals surface area contributed by atoms with E-state index < -0.39 is 0 Å². The van der Waals surface area contributed by atoms with Gasteiger partial charge in [0, 0.05) is 28.7 Å². The van der Waals surface area contributed by atoms with E-state index >= 15 is 0 Å². The molecule has 0 aliphatic carbocycles. The van der Waals surface area contributed by atoms with Gasteiger partial charge in [-0.05, 0) is 48.9 Å². The summed E-state index contributed by atoms with van der Waals surface area (Å²) in [6.45, 7) is 1.98. The third kappa shape index (κ3) is 4.32. The van der Waals surface area contributed by atoms with E-state index in [0.717, 1.165) is 11.3 Å². The number of halogens is 1. The zero-order valence-electron chi connectivity index (χ0n) is 14.4. The Labute approximate surface area is 157 Å². The smallest absolute Gasteiger partial charge is 0.257 e. The standard InChI is InChI=1S/C20H18ClN3O2/c1-13-6-8-15(21)10-18(13)24-19-9-7-14(12-22-19)20(25)23-16-4-3-5-17(11-16)26-2/h3-12H,1-2H3,(H,22,24)(H,23,25). The van der Waals surface area contributed by atoms with Gasteiger partial charge in [0.15, 0.2) is 0 Å². The highest BCUT2D eigenvalue weighted by Gasteiger charge is 2.08. The molecule has 26 heavy (non-hydrogen) atoms. The lowest BCUT2D eigenvalue weighted by atomic mass is 10.2. The predicted octanol–water partition coefficient (Wildman–Crippen LogP) is 5.05. The van der Waals surface area contributed by atoms with Gasteiger partial charge in [-0.1, -0.05) is 23.7 Å². The van der Waals surface area contributed by atoms with Gasteiger partial charge in [-0.25, -0.2) is 4.98 Å². The first-order valence-electron chi connectivity index (χ1n) is 8.00. The molecule has 3 rings (SSSR count). The van der Waals surface area contributed by atoms with Gasteiger partial charge in [0.1, 0.15) is 11.6 Å². The first kappa shape index (κ1) is 17.8. The third-order valence-corrected chi connectivity index (χ3v) is 4.05. The average molecular weight is 368 g/mol. The molecule has 5 nitrogen and oxygen atoms in total. The molecule has 0 saturated carbocycles. The van der Waals surface area contributed by atoms with Crippen molar-refractivity contribution in [2.24, 2.45) is 0 Å². The number of pyridine rings is 1. The fourth-order valence-electron chi connectivity index (χ4n) is 2.37. The molecule has 0 spiro atoms. The van der Waals surface area contributed by atoms with Gasteiger partial charge in [0.2, 0.25) is 0 Å². The Balaban J connectivity index is 1.70. The van der Waals surface area contributed by atoms with Gasteiger partial charge in [-0.2, -0.15) is 0 Å². The maximum Gasteiger partial charge on any atom is 0.257 e. The summed E-state index contributed by atoms with van der Waals surface area (Å²) >= 11 is 6.03. The van der Waals surface area contributed by atoms with Gasteiger partial charge in [-0.3, -0.25) is 4.79 Å². The van der Waals surface area contributed by atoms with Gasteiger partial charge in [-0.15, -0.1) is 0 Å². The molecule has 0 bridgehead atoms. The van der Waals surface area contributed by atoms with Crippen LogP contribution in [-0.2, 0) is 0 Å². The minimum atomic E-state index is -0.240. The quantitative estimate of drug-likeness (QED) is 0.662. The van der Waals surface area contributed by atoms with Crippen molar-refractivity contribution in [2.45, 2.75) is 6.92 Å². The number of aryl methyl sites for hydroxylation is 1. The molecule has 0 fully saturated rings. The molecule has 132 valence electrons. The molecule has 0 aliphatic heterocycles. The Morgan fingerprint density at radius 3 is 2.69 bits per heavy atom. The summed E-state index contributed by atoms with van der Waals surface area (Å²) in [6, 6.07) is 16.2. The first-order chi connectivity index (χ1) is 12.5. The molecule has 0 saturated heterocycles. The maximum absolute atomic E-state index is 12.4. The molecular weight excluding hydrogens is 350 g/mol. The lowest BCUT2D eigenvalue weighted by Crippen LogP contribution is -2.12. The van der Waals surface area contributed by atoms with Crippen molar-refractivity contribution in [3.63, 3.8) is 0 Å². The number of aromatic nitrogens is 1. The average Bonchev–Trinajstić information content (AvgIpc) is 2.65. The van der Waals surface area contributed by atoms with Crippen LogP contribution in [0.3, 0.4) is 0 Å². The van der Waals surface area contributed by atoms with Crippen molar-refractivity contribution in [1.82, 2.24) is 4.98 Å². The van der Waals surface area contributed by atoms with Crippen LogP contribution in [0.25, 0.3) is 0 Å². The molecular formula is C20H18ClN3O2. The Morgan fingerprint density at radius 2 is 1.96 bits per heavy atom. The van der Waals surface area contributed by atoms with Gasteiger partial charge >= 0.3 is 0 Å². The summed E-state index contributed by atoms with van der Waals surface area (Å²) in [5, 5.41) is 6.67. The van der Waals surface area contributed by atoms with E-state index in [0.29, 0.717) is 27.8 Å². The van der Waals surface area contributed by atoms with Crippen LogP contribution in [0.5, 0.6) is 5.75 Å². The van der Waals surface area contributed by atoms with Crippen molar-refractivity contribution < 1.29 is 9.53 Å². The highest BCUT2D eigenvalue weighted by atomic mass is 35.5. The minimum absolute atomic E-state index is 0.240. The summed E-state index contributed by atoms with van der Waals surface area (Å²) in [4.78, 5) is 16.7. The van der Waals surface area contributed by atoms with Crippen molar-refractivity contribution in [3.05, 3.63) is 76.9 Å². The van der Waals surface area contributed by atoms with Gasteiger partial charge < -0.3 is 15.4 Å². The number of nitrogens with zero attached hydrogens (tertiary/aromatic N) is 1. The molecule has 0 unspecified atom stereocenters. The predicted molar refractivity (Wildman–Crippen MR) is 105 cm³/mol. The summed E-state index contributed by atoms with van der Waals surface area (Å²) in [6.07, 6.45) is 1.53. The number of hydrogen-bond donors (Lipinski definition) is 2. The van der Waals surface area contributed by atoms with Crippen molar-refractivity contribution in [3.8, 4) is 5.75 Å². The molecule has 2 N–H and O–H groups in total. The summed E-state index contributed by atoms with van der Waals surface area (Å²) < 4.78 is 5.15. The topological polar surface area (TPSA) is 63.2 Å². The number of carbonyl (C=O) groups excluding carboxylic acids is 1. The molecule has 0 atom stereocenters. The number of rotatable bonds is 5. The van der Waals surface area contributed by atoms with Crippen LogP contribution in [0.4, 0.5) is 17.2 Å². The van der Waals surface area contributed by atoms with Crippen LogP contribution in [0.2, 0.25) is 5.02 Å². The molecule has 1 aromatic heterocycles. The van der Waals surface area contributed by atoms with Gasteiger partial charge in [0.05, 0.1) is 12.7 Å². The Morgan fingerprint density at radius 1 is 1.12 bits per heavy atom. The number of nitrogens with one attached hydrogen (secondary N) is 2. The normalized spacial score (nSPS) is 10.3. The summed E-state index contributed by atoms with van der Waals surface area (Å²) in [7, 11) is 1.58. The van der Waals surface area contributed by atoms with Crippen molar-refractivity contribution >= 4 is 34.7 Å². The summed E-state index contributed by atoms with van der Waals surface area (Å²) in [5.41, 5.74) is 3.04. The van der Waals surface area contributed by atoms with E-state index in [-0.39, 0.29) is 5.91 Å². The number of carbonyl (C=O) groups is 1. The van der Waals surface area contributed by atoms with Crippen LogP contribution in [0.1, 0.15) is 15.9 Å². The summed E-state index contributed by atoms with van der Waals surface area (Å²) in [5.74, 6) is 1.07. The lowest BCUT2D eigenvalue weighted by molar-refractivity contribution is 0.102. The second-order valence-electron chi connectivity index (χ2n) is 5.70. The van der Waals surface area contributed by atoms with Crippen molar-refractivity contribution in [2.75, 3.05) is 17.7 Å². The molecule has 0 radical (unpaired) electrons. The van der Waals surface area contributed by atoms with E-state index in [1.165, 1.54) is 6.20 Å². The van der Waals surface area contributed by atoms with Crippen LogP contribution in [0.15, 0.2) is 60.8 Å². The molecule has 1 amide bonds. The second-order valence-corrected chi connectivity index (χ2v) is 6.14. The van der Waals surface area contributed by atoms with Gasteiger partial charge in [0.25, 0.3) is 5.91 Å². The zero-order chi connectivity index (χ0) is 18.5. The molecule has 2 aromatic carbocycles. The highest BCUT2D eigenvalue weighted by Crippen LogP contribution is 2.23. The number of benzene rings is 2. The SMILES string of the molecule is COc1cccc(NC(=O)c2ccc(Nc3cc(Cl)ccc3C)nc2)c1. The number of anilines is 3. The molecule has 3 aromatic rings. The Bertz CT molecular complexity index is 927. The zero-order valence-corrected chi connectivity index (χ0v) is 15.2. The van der Waals surface area contributed by atoms with Crippen LogP contribution < -0.4 is 15.4 Å². The van der Waals surface area contributed by atoms with E-state index in [1.807, 2.05) is 37.3 Å². The largest absolute Gasteiger partial charge is 0.497 e. The lowest BCUT2D eigenvalue weighted by Gasteiger charge is -2.10. The second kappa shape index (κ2) is 7.89. The molecule has 1 heterocycles.